The number of aryl methyl sites for hydroxylation is 4. The van der Waals surface area contributed by atoms with Gasteiger partial charge in [0.2, 0.25) is 11.9 Å². The fourth-order valence-corrected chi connectivity index (χ4v) is 7.00. The lowest BCUT2D eigenvalue weighted by Gasteiger charge is -2.30. The monoisotopic (exact) mass is 849 g/mol. The van der Waals surface area contributed by atoms with Crippen molar-refractivity contribution in [3.63, 3.8) is 0 Å². The summed E-state index contributed by atoms with van der Waals surface area (Å²) in [5, 5.41) is 10.2. The van der Waals surface area contributed by atoms with Crippen LogP contribution >= 0.6 is 11.6 Å². The smallest absolute Gasteiger partial charge is 0.266 e. The van der Waals surface area contributed by atoms with Crippen molar-refractivity contribution in [1.82, 2.24) is 19.6 Å². The van der Waals surface area contributed by atoms with Gasteiger partial charge >= 0.3 is 0 Å². The van der Waals surface area contributed by atoms with E-state index in [0.717, 1.165) is 33.5 Å². The van der Waals surface area contributed by atoms with E-state index in [-0.39, 0.29) is 41.6 Å². The van der Waals surface area contributed by atoms with Crippen molar-refractivity contribution in [3.05, 3.63) is 94.1 Å². The number of rotatable bonds is 16. The number of nitrogens with zero attached hydrogens (tertiary/aromatic N) is 5. The molecule has 10 nitrogen and oxygen atoms in total. The zero-order valence-corrected chi connectivity index (χ0v) is 38.4. The van der Waals surface area contributed by atoms with E-state index in [2.05, 4.69) is 95.2 Å². The second-order valence-corrected chi connectivity index (χ2v) is 16.5. The summed E-state index contributed by atoms with van der Waals surface area (Å²) in [7, 11) is 6.13. The van der Waals surface area contributed by atoms with Crippen molar-refractivity contribution in [2.45, 2.75) is 107 Å². The van der Waals surface area contributed by atoms with E-state index in [0.29, 0.717) is 29.5 Å². The van der Waals surface area contributed by atoms with Gasteiger partial charge in [-0.05, 0) is 84.2 Å². The molecule has 58 heavy (non-hydrogen) atoms. The molecule has 14 heteroatoms. The highest BCUT2D eigenvalue weighted by molar-refractivity contribution is 6.67. The quantitative estimate of drug-likeness (QED) is 0.0903. The topological polar surface area (TPSA) is 104 Å². The first-order valence-electron chi connectivity index (χ1n) is 19.5. The molecule has 4 rings (SSSR count). The maximum Gasteiger partial charge on any atom is 0.266 e. The third-order valence-electron chi connectivity index (χ3n) is 10.5. The molecule has 0 saturated heterocycles. The number of methoxy groups -OCH3 is 2. The van der Waals surface area contributed by atoms with E-state index < -0.39 is 23.0 Å². The molecule has 324 valence electrons. The van der Waals surface area contributed by atoms with Gasteiger partial charge in [0.25, 0.3) is 11.1 Å². The Hall–Kier alpha value is -3.84. The molecule has 2 heterocycles. The zero-order valence-electron chi connectivity index (χ0n) is 36.9. The maximum atomic E-state index is 14.5. The molecular weight excluding hydrogens is 785 g/mol. The molecule has 0 saturated carbocycles. The van der Waals surface area contributed by atoms with Crippen LogP contribution in [0.3, 0.4) is 0 Å². The van der Waals surface area contributed by atoms with E-state index >= 15 is 0 Å². The number of aromatic nitrogens is 4. The van der Waals surface area contributed by atoms with Gasteiger partial charge < -0.3 is 27.2 Å². The van der Waals surface area contributed by atoms with Crippen molar-refractivity contribution in [1.29, 1.82) is 0 Å². The Labute approximate surface area is 356 Å². The molecular formula is C44H65Cl2F2N6O4-. The summed E-state index contributed by atoms with van der Waals surface area (Å²) >= 11 is 5.09. The number of hydrogen-bond donors (Lipinski definition) is 1. The van der Waals surface area contributed by atoms with Crippen LogP contribution in [-0.2, 0) is 23.6 Å². The largest absolute Gasteiger partial charge is 1.00 e. The summed E-state index contributed by atoms with van der Waals surface area (Å²) in [6.45, 7) is 21.9. The normalized spacial score (nSPS) is 12.3. The van der Waals surface area contributed by atoms with Crippen LogP contribution in [0.2, 0.25) is 0 Å². The lowest BCUT2D eigenvalue weighted by molar-refractivity contribution is -0.0000311. The number of halogens is 4. The number of anilines is 2. The maximum absolute atomic E-state index is 14.5. The predicted octanol–water partition coefficient (Wildman–Crippen LogP) is 7.93. The molecule has 1 N–H and O–H groups in total. The molecule has 0 fully saturated rings. The first kappa shape index (κ1) is 52.2. The number of amides is 1. The van der Waals surface area contributed by atoms with Gasteiger partial charge in [-0.25, -0.2) is 9.36 Å². The lowest BCUT2D eigenvalue weighted by Crippen LogP contribution is -3.00. The number of carbonyl (C=O) groups excluding carboxylic acids is 2. The fourth-order valence-electron chi connectivity index (χ4n) is 6.78. The first-order chi connectivity index (χ1) is 26.7. The summed E-state index contributed by atoms with van der Waals surface area (Å²) < 4.78 is 39.9. The highest BCUT2D eigenvalue weighted by Crippen LogP contribution is 2.39. The van der Waals surface area contributed by atoms with Crippen LogP contribution in [0.1, 0.15) is 136 Å². The number of hydrogen-bond acceptors (Lipinski definition) is 7. The van der Waals surface area contributed by atoms with E-state index in [1.807, 2.05) is 24.3 Å². The number of para-hydroxylation sites is 2. The van der Waals surface area contributed by atoms with E-state index in [1.54, 1.807) is 14.0 Å². The first-order valence-corrected chi connectivity index (χ1v) is 19.8. The third kappa shape index (κ3) is 14.5. The highest BCUT2D eigenvalue weighted by Gasteiger charge is 2.30. The minimum absolute atomic E-state index is 0. The number of ether oxygens (including phenoxy) is 2. The van der Waals surface area contributed by atoms with E-state index in [4.69, 9.17) is 21.1 Å². The molecule has 0 aliphatic rings. The Morgan fingerprint density at radius 3 is 1.66 bits per heavy atom. The second-order valence-electron chi connectivity index (χ2n) is 16.2. The zero-order chi connectivity index (χ0) is 43.2. The molecule has 2 aromatic heterocycles. The molecule has 4 aromatic rings. The molecule has 0 radical (unpaired) electrons. The average Bonchev–Trinajstić information content (AvgIpc) is 3.58. The lowest BCUT2D eigenvalue weighted by atomic mass is 9.78. The van der Waals surface area contributed by atoms with Crippen LogP contribution in [0.4, 0.5) is 20.2 Å². The van der Waals surface area contributed by atoms with Crippen molar-refractivity contribution in [2.24, 2.45) is 24.9 Å². The Morgan fingerprint density at radius 2 is 1.24 bits per heavy atom. The number of carbonyl (C=O) groups is 2. The minimum atomic E-state index is -0.812. The molecule has 0 spiro atoms. The fraction of sp³-hybridized carbons (Fsp3) is 0.545. The predicted molar refractivity (Wildman–Crippen MR) is 227 cm³/mol. The summed E-state index contributed by atoms with van der Waals surface area (Å²) in [4.78, 5) is 25.3. The Balaban J connectivity index is 0.000000479. The Bertz CT molecular complexity index is 1910. The van der Waals surface area contributed by atoms with Crippen LogP contribution in [0.5, 0.6) is 0 Å². The highest BCUT2D eigenvalue weighted by atomic mass is 35.5. The Kier molecular flexibility index (Phi) is 21.3. The van der Waals surface area contributed by atoms with Crippen molar-refractivity contribution >= 4 is 34.1 Å². The molecule has 2 unspecified atom stereocenters. The van der Waals surface area contributed by atoms with Gasteiger partial charge in [0.1, 0.15) is 24.6 Å². The summed E-state index contributed by atoms with van der Waals surface area (Å²) in [6.07, 6.45) is 4.47. The Morgan fingerprint density at radius 1 is 0.793 bits per heavy atom. The van der Waals surface area contributed by atoms with E-state index in [1.165, 1.54) is 57.1 Å². The van der Waals surface area contributed by atoms with Crippen LogP contribution in [0.25, 0.3) is 0 Å². The van der Waals surface area contributed by atoms with Crippen molar-refractivity contribution < 1.29 is 40.3 Å². The van der Waals surface area contributed by atoms with Gasteiger partial charge in [-0.15, -0.1) is 0 Å². The molecule has 1 amide bonds. The molecule has 0 aliphatic carbocycles. The molecule has 0 bridgehead atoms. The van der Waals surface area contributed by atoms with Gasteiger partial charge in [-0.3, -0.25) is 14.5 Å². The van der Waals surface area contributed by atoms with Crippen LogP contribution in [0, 0.1) is 36.6 Å². The van der Waals surface area contributed by atoms with Crippen LogP contribution in [0.15, 0.2) is 48.5 Å². The van der Waals surface area contributed by atoms with Gasteiger partial charge in [0.15, 0.2) is 0 Å². The molecule has 0 aliphatic heterocycles. The van der Waals surface area contributed by atoms with Crippen LogP contribution < -0.4 is 22.6 Å². The molecule has 2 aromatic carbocycles. The minimum Gasteiger partial charge on any atom is -1.00 e. The number of benzene rings is 2. The summed E-state index contributed by atoms with van der Waals surface area (Å²) in [5.74, 6) is -0.984. The summed E-state index contributed by atoms with van der Waals surface area (Å²) in [5.41, 5.74) is 5.48. The SMILES string of the molecule is CCC(C)(C)CC(C)c1ccccc1N(COC)C(=O)c1c(C)nn(C)c1F.CCC(C)(C)CC(C)c1ccccc1NCOC.Cc1nn(C)c(F)c1C(=O)Cl.[Cl-]. The second kappa shape index (κ2) is 23.7. The van der Waals surface area contributed by atoms with Gasteiger partial charge in [0.05, 0.1) is 11.4 Å². The van der Waals surface area contributed by atoms with Crippen molar-refractivity contribution in [2.75, 3.05) is 37.9 Å². The van der Waals surface area contributed by atoms with Gasteiger partial charge in [-0.1, -0.05) is 105 Å². The third-order valence-corrected chi connectivity index (χ3v) is 10.7. The van der Waals surface area contributed by atoms with Gasteiger partial charge in [0, 0.05) is 39.7 Å². The van der Waals surface area contributed by atoms with Gasteiger partial charge in [-0.2, -0.15) is 19.0 Å². The summed E-state index contributed by atoms with van der Waals surface area (Å²) in [6, 6.07) is 16.3. The average molecular weight is 851 g/mol. The van der Waals surface area contributed by atoms with E-state index in [9.17, 15) is 18.4 Å². The number of nitrogens with one attached hydrogen (secondary N) is 1. The standard InChI is InChI=1S/C22H32FN3O2.C16H27NO.C6H6ClFN2O.ClH/c1-8-22(4,5)13-15(2)17-11-9-10-12-18(17)26(14-28-7)21(27)19-16(3)24-25(6)20(19)23;1-6-16(3,4)11-13(2)14-9-7-8-10-15(14)17-12-18-5;1-3-4(5(7)11)6(8)10(2)9-3;/h9-12,15H,8,13-14H2,1-7H3;7-10,13,17H,6,11-12H2,1-5H3;1-2H3;1H/p-1. The van der Waals surface area contributed by atoms with Crippen LogP contribution in [-0.4, -0.2) is 58.4 Å². The molecule has 2 atom stereocenters. The van der Waals surface area contributed by atoms with Crippen molar-refractivity contribution in [3.8, 4) is 0 Å².